The molecular weight excluding hydrogens is 266 g/mol. The highest BCUT2D eigenvalue weighted by atomic mass is 16.6. The SMILES string of the molecule is NCC1(c2ccc3c(c2)OCCO3)CC2(CCOCC2)C1. The van der Waals surface area contributed by atoms with Crippen LogP contribution in [0.3, 0.4) is 0 Å². The molecule has 0 aromatic heterocycles. The highest BCUT2D eigenvalue weighted by Crippen LogP contribution is 2.60. The Labute approximate surface area is 125 Å². The largest absolute Gasteiger partial charge is 0.486 e. The van der Waals surface area contributed by atoms with Gasteiger partial charge in [-0.25, -0.2) is 0 Å². The number of ether oxygens (including phenoxy) is 3. The van der Waals surface area contributed by atoms with Crippen molar-refractivity contribution in [2.24, 2.45) is 11.1 Å². The number of benzene rings is 1. The molecule has 2 heterocycles. The fourth-order valence-corrected chi connectivity index (χ4v) is 4.38. The van der Waals surface area contributed by atoms with Crippen molar-refractivity contribution in [1.29, 1.82) is 0 Å². The predicted octanol–water partition coefficient (Wildman–Crippen LogP) is 2.24. The molecule has 0 amide bonds. The molecule has 0 atom stereocenters. The fraction of sp³-hybridized carbons (Fsp3) is 0.647. The molecule has 0 radical (unpaired) electrons. The number of hydrogen-bond donors (Lipinski definition) is 1. The van der Waals surface area contributed by atoms with E-state index >= 15 is 0 Å². The summed E-state index contributed by atoms with van der Waals surface area (Å²) in [6.45, 7) is 3.78. The number of hydrogen-bond acceptors (Lipinski definition) is 4. The Kier molecular flexibility index (Phi) is 3.12. The standard InChI is InChI=1S/C17H23NO3/c18-12-17(10-16(11-17)3-5-19-6-4-16)13-1-2-14-15(9-13)21-8-7-20-14/h1-2,9H,3-8,10-12,18H2. The first-order chi connectivity index (χ1) is 10.3. The summed E-state index contributed by atoms with van der Waals surface area (Å²) < 4.78 is 16.9. The lowest BCUT2D eigenvalue weighted by atomic mass is 9.48. The summed E-state index contributed by atoms with van der Waals surface area (Å²) in [5.74, 6) is 1.73. The number of fused-ring (bicyclic) bond motifs is 1. The molecule has 1 saturated heterocycles. The average Bonchev–Trinajstić information content (AvgIpc) is 2.52. The Hall–Kier alpha value is -1.26. The predicted molar refractivity (Wildman–Crippen MR) is 79.9 cm³/mol. The van der Waals surface area contributed by atoms with Crippen LogP contribution in [0.4, 0.5) is 0 Å². The van der Waals surface area contributed by atoms with E-state index < -0.39 is 0 Å². The zero-order valence-electron chi connectivity index (χ0n) is 12.4. The molecule has 4 nitrogen and oxygen atoms in total. The zero-order valence-corrected chi connectivity index (χ0v) is 12.4. The highest BCUT2D eigenvalue weighted by molar-refractivity contribution is 5.47. The van der Waals surface area contributed by atoms with Crippen LogP contribution in [-0.4, -0.2) is 33.0 Å². The van der Waals surface area contributed by atoms with Crippen LogP contribution in [-0.2, 0) is 10.2 Å². The van der Waals surface area contributed by atoms with Crippen molar-refractivity contribution in [3.63, 3.8) is 0 Å². The normalized spacial score (nSPS) is 25.4. The molecule has 0 bridgehead atoms. The van der Waals surface area contributed by atoms with E-state index in [1.165, 1.54) is 31.2 Å². The molecule has 3 aliphatic rings. The summed E-state index contributed by atoms with van der Waals surface area (Å²) in [5, 5.41) is 0. The summed E-state index contributed by atoms with van der Waals surface area (Å²) in [6.07, 6.45) is 4.72. The van der Waals surface area contributed by atoms with Crippen LogP contribution in [0.1, 0.15) is 31.2 Å². The van der Waals surface area contributed by atoms with Crippen molar-refractivity contribution in [2.75, 3.05) is 33.0 Å². The van der Waals surface area contributed by atoms with Gasteiger partial charge in [-0.15, -0.1) is 0 Å². The molecule has 4 rings (SSSR count). The zero-order chi connectivity index (χ0) is 14.3. The number of nitrogens with two attached hydrogens (primary N) is 1. The molecule has 1 aliphatic carbocycles. The van der Waals surface area contributed by atoms with Gasteiger partial charge in [-0.3, -0.25) is 0 Å². The molecule has 0 unspecified atom stereocenters. The van der Waals surface area contributed by atoms with E-state index in [1.807, 2.05) is 6.07 Å². The lowest BCUT2D eigenvalue weighted by Crippen LogP contribution is -2.55. The third-order valence-electron chi connectivity index (χ3n) is 5.53. The monoisotopic (exact) mass is 289 g/mol. The summed E-state index contributed by atoms with van der Waals surface area (Å²) in [5.41, 5.74) is 8.06. The minimum absolute atomic E-state index is 0.118. The van der Waals surface area contributed by atoms with Crippen LogP contribution in [0.25, 0.3) is 0 Å². The van der Waals surface area contributed by atoms with Gasteiger partial charge in [-0.2, -0.15) is 0 Å². The second-order valence-electron chi connectivity index (χ2n) is 6.81. The van der Waals surface area contributed by atoms with Crippen LogP contribution < -0.4 is 15.2 Å². The lowest BCUT2D eigenvalue weighted by molar-refractivity contribution is -0.0715. The third-order valence-corrected chi connectivity index (χ3v) is 5.53. The van der Waals surface area contributed by atoms with Gasteiger partial charge in [0.25, 0.3) is 0 Å². The maximum Gasteiger partial charge on any atom is 0.161 e. The second-order valence-corrected chi connectivity index (χ2v) is 6.81. The first-order valence-corrected chi connectivity index (χ1v) is 7.93. The molecule has 2 N–H and O–H groups in total. The minimum Gasteiger partial charge on any atom is -0.486 e. The Balaban J connectivity index is 1.59. The summed E-state index contributed by atoms with van der Waals surface area (Å²) >= 11 is 0. The minimum atomic E-state index is 0.118. The fourth-order valence-electron chi connectivity index (χ4n) is 4.38. The first-order valence-electron chi connectivity index (χ1n) is 7.93. The van der Waals surface area contributed by atoms with Crippen LogP contribution in [0.2, 0.25) is 0 Å². The lowest BCUT2D eigenvalue weighted by Gasteiger charge is -2.58. The Morgan fingerprint density at radius 3 is 2.38 bits per heavy atom. The van der Waals surface area contributed by atoms with Gasteiger partial charge >= 0.3 is 0 Å². The molecule has 1 aromatic carbocycles. The second kappa shape index (κ2) is 4.89. The van der Waals surface area contributed by atoms with Crippen molar-refractivity contribution >= 4 is 0 Å². The summed E-state index contributed by atoms with van der Waals surface area (Å²) in [4.78, 5) is 0. The van der Waals surface area contributed by atoms with Gasteiger partial charge in [-0.1, -0.05) is 6.07 Å². The topological polar surface area (TPSA) is 53.7 Å². The van der Waals surface area contributed by atoms with E-state index in [0.29, 0.717) is 25.2 Å². The Bertz CT molecular complexity index is 529. The van der Waals surface area contributed by atoms with E-state index in [0.717, 1.165) is 24.7 Å². The van der Waals surface area contributed by atoms with Gasteiger partial charge < -0.3 is 19.9 Å². The van der Waals surface area contributed by atoms with Crippen molar-refractivity contribution in [3.8, 4) is 11.5 Å². The van der Waals surface area contributed by atoms with E-state index in [1.54, 1.807) is 0 Å². The van der Waals surface area contributed by atoms with Crippen LogP contribution in [0.5, 0.6) is 11.5 Å². The number of rotatable bonds is 2. The Morgan fingerprint density at radius 1 is 0.952 bits per heavy atom. The van der Waals surface area contributed by atoms with Crippen molar-refractivity contribution in [2.45, 2.75) is 31.1 Å². The van der Waals surface area contributed by atoms with Crippen LogP contribution in [0, 0.1) is 5.41 Å². The molecule has 2 aliphatic heterocycles. The third kappa shape index (κ3) is 2.12. The van der Waals surface area contributed by atoms with Crippen molar-refractivity contribution in [1.82, 2.24) is 0 Å². The summed E-state index contributed by atoms with van der Waals surface area (Å²) in [7, 11) is 0. The van der Waals surface area contributed by atoms with E-state index in [2.05, 4.69) is 12.1 Å². The van der Waals surface area contributed by atoms with Crippen LogP contribution >= 0.6 is 0 Å². The van der Waals surface area contributed by atoms with E-state index in [-0.39, 0.29) is 5.41 Å². The summed E-state index contributed by atoms with van der Waals surface area (Å²) in [6, 6.07) is 6.36. The van der Waals surface area contributed by atoms with Gasteiger partial charge in [0, 0.05) is 25.2 Å². The van der Waals surface area contributed by atoms with Crippen molar-refractivity contribution in [3.05, 3.63) is 23.8 Å². The van der Waals surface area contributed by atoms with E-state index in [9.17, 15) is 0 Å². The van der Waals surface area contributed by atoms with Crippen molar-refractivity contribution < 1.29 is 14.2 Å². The van der Waals surface area contributed by atoms with Gasteiger partial charge in [-0.05, 0) is 48.8 Å². The maximum absolute atomic E-state index is 6.16. The quantitative estimate of drug-likeness (QED) is 0.907. The maximum atomic E-state index is 6.16. The van der Waals surface area contributed by atoms with Gasteiger partial charge in [0.05, 0.1) is 0 Å². The molecule has 21 heavy (non-hydrogen) atoms. The van der Waals surface area contributed by atoms with E-state index in [4.69, 9.17) is 19.9 Å². The smallest absolute Gasteiger partial charge is 0.161 e. The van der Waals surface area contributed by atoms with Gasteiger partial charge in [0.1, 0.15) is 13.2 Å². The Morgan fingerprint density at radius 2 is 1.67 bits per heavy atom. The molecular formula is C17H23NO3. The molecule has 114 valence electrons. The van der Waals surface area contributed by atoms with Crippen LogP contribution in [0.15, 0.2) is 18.2 Å². The highest BCUT2D eigenvalue weighted by Gasteiger charge is 2.54. The molecule has 4 heteroatoms. The molecule has 1 spiro atoms. The molecule has 1 aromatic rings. The molecule has 2 fully saturated rings. The van der Waals surface area contributed by atoms with Gasteiger partial charge in [0.15, 0.2) is 11.5 Å². The first kappa shape index (κ1) is 13.4. The average molecular weight is 289 g/mol. The molecule has 1 saturated carbocycles. The van der Waals surface area contributed by atoms with Gasteiger partial charge in [0.2, 0.25) is 0 Å².